The summed E-state index contributed by atoms with van der Waals surface area (Å²) in [6.45, 7) is 0.352. The molecule has 160 valence electrons. The molecule has 1 atom stereocenters. The van der Waals surface area contributed by atoms with Crippen molar-refractivity contribution in [2.75, 3.05) is 37.0 Å². The minimum absolute atomic E-state index is 0.0320. The van der Waals surface area contributed by atoms with Crippen LogP contribution < -0.4 is 15.0 Å². The van der Waals surface area contributed by atoms with Gasteiger partial charge in [0.1, 0.15) is 18.4 Å². The van der Waals surface area contributed by atoms with Crippen molar-refractivity contribution in [1.82, 2.24) is 4.90 Å². The van der Waals surface area contributed by atoms with Gasteiger partial charge in [0.2, 0.25) is 11.8 Å². The summed E-state index contributed by atoms with van der Waals surface area (Å²) in [4.78, 5) is 27.2. The third-order valence-electron chi connectivity index (χ3n) is 4.66. The number of carbonyl (C=O) groups excluding carboxylic acids is 2. The lowest BCUT2D eigenvalue weighted by atomic mass is 10.1. The number of rotatable bonds is 6. The molecule has 9 heteroatoms. The second-order valence-electron chi connectivity index (χ2n) is 6.99. The first-order valence-corrected chi connectivity index (χ1v) is 9.40. The third kappa shape index (κ3) is 5.29. The first-order valence-electron chi connectivity index (χ1n) is 9.40. The Morgan fingerprint density at radius 3 is 2.53 bits per heavy atom. The minimum Gasteiger partial charge on any atom is -0.492 e. The molecule has 0 spiro atoms. The molecular weight excluding hydrogens is 399 g/mol. The zero-order valence-corrected chi connectivity index (χ0v) is 16.4. The van der Waals surface area contributed by atoms with Crippen molar-refractivity contribution in [3.63, 3.8) is 0 Å². The number of anilines is 2. The molecule has 2 aromatic carbocycles. The zero-order chi connectivity index (χ0) is 21.7. The highest BCUT2D eigenvalue weighted by molar-refractivity contribution is 6.05. The molecule has 0 aromatic heterocycles. The van der Waals surface area contributed by atoms with E-state index in [4.69, 9.17) is 4.74 Å². The molecule has 1 aliphatic heterocycles. The van der Waals surface area contributed by atoms with Gasteiger partial charge in [-0.15, -0.1) is 0 Å². The summed E-state index contributed by atoms with van der Waals surface area (Å²) in [6.07, 6.45) is -5.61. The number of ether oxygens (including phenoxy) is 1. The van der Waals surface area contributed by atoms with Crippen LogP contribution in [0.25, 0.3) is 0 Å². The fraction of sp³-hybridized carbons (Fsp3) is 0.333. The van der Waals surface area contributed by atoms with Gasteiger partial charge in [0.15, 0.2) is 0 Å². The van der Waals surface area contributed by atoms with Crippen molar-refractivity contribution in [1.29, 1.82) is 0 Å². The molecule has 0 saturated heterocycles. The molecule has 0 fully saturated rings. The van der Waals surface area contributed by atoms with E-state index in [1.165, 1.54) is 18.2 Å². The molecule has 2 aromatic rings. The average Bonchev–Trinajstić information content (AvgIpc) is 2.84. The summed E-state index contributed by atoms with van der Waals surface area (Å²) in [5.74, 6) is -0.867. The van der Waals surface area contributed by atoms with E-state index in [0.29, 0.717) is 17.2 Å². The number of benzene rings is 2. The van der Waals surface area contributed by atoms with Crippen LogP contribution in [0.15, 0.2) is 54.6 Å². The number of hydrogen-bond acceptors (Lipinski definition) is 4. The Balaban J connectivity index is 1.73. The van der Waals surface area contributed by atoms with Gasteiger partial charge in [0.05, 0.1) is 24.3 Å². The first kappa shape index (κ1) is 21.6. The summed E-state index contributed by atoms with van der Waals surface area (Å²) >= 11 is 0. The fourth-order valence-corrected chi connectivity index (χ4v) is 3.22. The van der Waals surface area contributed by atoms with Crippen LogP contribution in [-0.2, 0) is 9.59 Å². The number of halogens is 3. The van der Waals surface area contributed by atoms with Crippen LogP contribution >= 0.6 is 0 Å². The molecule has 2 amide bonds. The van der Waals surface area contributed by atoms with Gasteiger partial charge in [-0.05, 0) is 31.3 Å². The van der Waals surface area contributed by atoms with Crippen LogP contribution in [0, 0.1) is 0 Å². The molecule has 3 rings (SSSR count). The first-order chi connectivity index (χ1) is 14.3. The number of fused-ring (bicyclic) bond motifs is 1. The largest absolute Gasteiger partial charge is 0.492 e. The van der Waals surface area contributed by atoms with Gasteiger partial charge in [-0.1, -0.05) is 30.3 Å². The molecule has 1 heterocycles. The van der Waals surface area contributed by atoms with Gasteiger partial charge in [-0.25, -0.2) is 0 Å². The standard InChI is InChI=1S/C21H22F3N3O3/c1-26(11-12-30-15-7-3-2-4-8-15)14-20(29)27-17-10-6-5-9-16(17)25-19(28)13-18(27)21(22,23)24/h2-10,18H,11-14H2,1H3,(H,25,28). The molecule has 1 unspecified atom stereocenters. The molecule has 6 nitrogen and oxygen atoms in total. The van der Waals surface area contributed by atoms with Crippen molar-refractivity contribution in [3.05, 3.63) is 54.6 Å². The number of para-hydroxylation sites is 3. The molecule has 0 aliphatic carbocycles. The van der Waals surface area contributed by atoms with Gasteiger partial charge in [-0.3, -0.25) is 19.4 Å². The fourth-order valence-electron chi connectivity index (χ4n) is 3.22. The second kappa shape index (κ2) is 9.17. The van der Waals surface area contributed by atoms with Crippen molar-refractivity contribution in [2.24, 2.45) is 0 Å². The summed E-state index contributed by atoms with van der Waals surface area (Å²) in [5.41, 5.74) is 0.210. The quantitative estimate of drug-likeness (QED) is 0.778. The Hall–Kier alpha value is -3.07. The number of carbonyl (C=O) groups is 2. The van der Waals surface area contributed by atoms with Crippen LogP contribution in [0.4, 0.5) is 24.5 Å². The third-order valence-corrected chi connectivity index (χ3v) is 4.66. The van der Waals surface area contributed by atoms with Crippen molar-refractivity contribution in [3.8, 4) is 5.75 Å². The number of nitrogens with zero attached hydrogens (tertiary/aromatic N) is 2. The van der Waals surface area contributed by atoms with Gasteiger partial charge in [0.25, 0.3) is 0 Å². The normalized spacial score (nSPS) is 16.6. The van der Waals surface area contributed by atoms with Crippen LogP contribution in [0.3, 0.4) is 0 Å². The topological polar surface area (TPSA) is 61.9 Å². The van der Waals surface area contributed by atoms with Crippen LogP contribution in [0.5, 0.6) is 5.75 Å². The highest BCUT2D eigenvalue weighted by Gasteiger charge is 2.49. The SMILES string of the molecule is CN(CCOc1ccccc1)CC(=O)N1c2ccccc2NC(=O)CC1C(F)(F)F. The molecule has 1 N–H and O–H groups in total. The van der Waals surface area contributed by atoms with Crippen molar-refractivity contribution < 1.29 is 27.5 Å². The van der Waals surface area contributed by atoms with Crippen LogP contribution in [0.2, 0.25) is 0 Å². The number of alkyl halides is 3. The maximum atomic E-state index is 13.7. The predicted octanol–water partition coefficient (Wildman–Crippen LogP) is 3.30. The molecule has 0 saturated carbocycles. The summed E-state index contributed by atoms with van der Waals surface area (Å²) in [5, 5.41) is 2.45. The number of amides is 2. The summed E-state index contributed by atoms with van der Waals surface area (Å²) < 4.78 is 46.7. The Kier molecular flexibility index (Phi) is 6.61. The van der Waals surface area contributed by atoms with Gasteiger partial charge in [-0.2, -0.15) is 13.2 Å². The smallest absolute Gasteiger partial charge is 0.409 e. The lowest BCUT2D eigenvalue weighted by molar-refractivity contribution is -0.158. The maximum Gasteiger partial charge on any atom is 0.409 e. The van der Waals surface area contributed by atoms with E-state index < -0.39 is 30.5 Å². The number of nitrogens with one attached hydrogen (secondary N) is 1. The minimum atomic E-state index is -4.75. The molecule has 0 radical (unpaired) electrons. The number of hydrogen-bond donors (Lipinski definition) is 1. The lowest BCUT2D eigenvalue weighted by Gasteiger charge is -2.32. The van der Waals surface area contributed by atoms with E-state index in [0.717, 1.165) is 0 Å². The monoisotopic (exact) mass is 421 g/mol. The van der Waals surface area contributed by atoms with Gasteiger partial charge >= 0.3 is 6.18 Å². The molecule has 30 heavy (non-hydrogen) atoms. The van der Waals surface area contributed by atoms with E-state index in [1.807, 2.05) is 18.2 Å². The Morgan fingerprint density at radius 2 is 1.83 bits per heavy atom. The predicted molar refractivity (Wildman–Crippen MR) is 106 cm³/mol. The van der Waals surface area contributed by atoms with Crippen LogP contribution in [-0.4, -0.2) is 55.7 Å². The Morgan fingerprint density at radius 1 is 1.17 bits per heavy atom. The Bertz CT molecular complexity index is 890. The van der Waals surface area contributed by atoms with E-state index in [1.54, 1.807) is 30.1 Å². The highest BCUT2D eigenvalue weighted by Crippen LogP contribution is 2.37. The van der Waals surface area contributed by atoms with Crippen molar-refractivity contribution >= 4 is 23.2 Å². The lowest BCUT2D eigenvalue weighted by Crippen LogP contribution is -2.52. The second-order valence-corrected chi connectivity index (χ2v) is 6.99. The molecule has 0 bridgehead atoms. The van der Waals surface area contributed by atoms with Crippen molar-refractivity contribution in [2.45, 2.75) is 18.6 Å². The zero-order valence-electron chi connectivity index (χ0n) is 16.4. The van der Waals surface area contributed by atoms with E-state index in [9.17, 15) is 22.8 Å². The Labute approximate surface area is 172 Å². The van der Waals surface area contributed by atoms with E-state index in [-0.39, 0.29) is 24.5 Å². The molecule has 1 aliphatic rings. The molecular formula is C21H22F3N3O3. The maximum absolute atomic E-state index is 13.7. The number of likely N-dealkylation sites (N-methyl/N-ethyl adjacent to an activating group) is 1. The van der Waals surface area contributed by atoms with E-state index in [2.05, 4.69) is 5.32 Å². The van der Waals surface area contributed by atoms with Crippen LogP contribution in [0.1, 0.15) is 6.42 Å². The summed E-state index contributed by atoms with van der Waals surface area (Å²) in [7, 11) is 1.63. The van der Waals surface area contributed by atoms with E-state index >= 15 is 0 Å². The average molecular weight is 421 g/mol. The summed E-state index contributed by atoms with van der Waals surface area (Å²) in [6, 6.07) is 12.8. The highest BCUT2D eigenvalue weighted by atomic mass is 19.4. The van der Waals surface area contributed by atoms with Gasteiger partial charge < -0.3 is 10.1 Å². The van der Waals surface area contributed by atoms with Gasteiger partial charge in [0, 0.05) is 6.54 Å².